The minimum absolute atomic E-state index is 0.0897. The molecule has 0 N–H and O–H groups in total. The van der Waals surface area contributed by atoms with Gasteiger partial charge in [-0.25, -0.2) is 0 Å². The first kappa shape index (κ1) is 34.6. The molecule has 0 saturated carbocycles. The molecule has 1 atom stereocenters. The van der Waals surface area contributed by atoms with E-state index in [1.165, 1.54) is 111 Å². The summed E-state index contributed by atoms with van der Waals surface area (Å²) in [4.78, 5) is 5.26. The largest absolute Gasteiger partial charge is 0.365 e. The van der Waals surface area contributed by atoms with Gasteiger partial charge in [0.15, 0.2) is 0 Å². The Labute approximate surface area is 347 Å². The van der Waals surface area contributed by atoms with E-state index in [1.807, 2.05) is 0 Å². The molecule has 2 heterocycles. The van der Waals surface area contributed by atoms with Gasteiger partial charge in [-0.15, -0.1) is 0 Å². The summed E-state index contributed by atoms with van der Waals surface area (Å²) in [6, 6.07) is 58.1. The van der Waals surface area contributed by atoms with Crippen molar-refractivity contribution >= 4 is 50.8 Å². The zero-order chi connectivity index (χ0) is 39.2. The molecule has 1 unspecified atom stereocenters. The van der Waals surface area contributed by atoms with Crippen LogP contribution in [0.5, 0.6) is 0 Å². The fraction of sp³-hybridized carbons (Fsp3) is 0.193. The predicted molar refractivity (Wildman–Crippen MR) is 250 cm³/mol. The molecule has 2 aliphatic carbocycles. The zero-order valence-corrected chi connectivity index (χ0v) is 34.0. The van der Waals surface area contributed by atoms with Crippen LogP contribution in [0.15, 0.2) is 152 Å². The molecule has 286 valence electrons. The van der Waals surface area contributed by atoms with Crippen molar-refractivity contribution in [1.82, 2.24) is 0 Å². The molecule has 8 aromatic rings. The number of benzene rings is 8. The molecule has 2 nitrogen and oxygen atoms in total. The number of nitrogens with zero attached hydrogens (tertiary/aromatic N) is 2. The number of para-hydroxylation sites is 2. The third kappa shape index (κ3) is 5.39. The van der Waals surface area contributed by atoms with Gasteiger partial charge in [0, 0.05) is 35.6 Å². The summed E-state index contributed by atoms with van der Waals surface area (Å²) in [6.07, 6.45) is 10.8. The molecular weight excluding hydrogens is 713 g/mol. The number of fused-ring (bicyclic) bond motifs is 8. The van der Waals surface area contributed by atoms with E-state index < -0.39 is 0 Å². The van der Waals surface area contributed by atoms with Gasteiger partial charge in [-0.2, -0.15) is 0 Å². The summed E-state index contributed by atoms with van der Waals surface area (Å²) < 4.78 is 0. The third-order valence-corrected chi connectivity index (χ3v) is 14.2. The van der Waals surface area contributed by atoms with Crippen molar-refractivity contribution < 1.29 is 0 Å². The van der Waals surface area contributed by atoms with Gasteiger partial charge < -0.3 is 9.80 Å². The molecule has 0 amide bonds. The van der Waals surface area contributed by atoms with Crippen molar-refractivity contribution in [2.24, 2.45) is 0 Å². The van der Waals surface area contributed by atoms with Crippen LogP contribution in [0.1, 0.15) is 55.4 Å². The van der Waals surface area contributed by atoms with Crippen LogP contribution in [0.4, 0.5) is 17.1 Å². The molecule has 59 heavy (non-hydrogen) atoms. The molecule has 2 heteroatoms. The van der Waals surface area contributed by atoms with Gasteiger partial charge >= 0.3 is 0 Å². The smallest absolute Gasteiger partial charge is 0.0517 e. The van der Waals surface area contributed by atoms with E-state index in [1.54, 1.807) is 0 Å². The van der Waals surface area contributed by atoms with Crippen LogP contribution >= 0.6 is 0 Å². The van der Waals surface area contributed by atoms with Gasteiger partial charge in [-0.05, 0) is 156 Å². The number of aryl methyl sites for hydroxylation is 2. The summed E-state index contributed by atoms with van der Waals surface area (Å²) in [5.41, 5.74) is 17.7. The molecule has 0 saturated heterocycles. The highest BCUT2D eigenvalue weighted by Crippen LogP contribution is 2.50. The predicted octanol–water partition coefficient (Wildman–Crippen LogP) is 12.5. The summed E-state index contributed by atoms with van der Waals surface area (Å²) in [7, 11) is 0. The SMILES string of the molecule is CC1(C)c2ccccc2-c2ccc(-c3c4c(c(-c5ccc6ccccc6c5)c5cc(N6CCCc7ccccc76)ccc35)=CCC(N3CCCc5ccccc53)C=4)cc21. The van der Waals surface area contributed by atoms with Crippen molar-refractivity contribution in [2.45, 2.75) is 57.4 Å². The molecular formula is C57H48N2. The van der Waals surface area contributed by atoms with Gasteiger partial charge in [-0.3, -0.25) is 0 Å². The van der Waals surface area contributed by atoms with Crippen LogP contribution in [0.3, 0.4) is 0 Å². The number of hydrogen-bond acceptors (Lipinski definition) is 2. The Balaban J connectivity index is 1.16. The monoisotopic (exact) mass is 760 g/mol. The summed E-state index contributed by atoms with van der Waals surface area (Å²) in [5, 5.41) is 7.92. The fourth-order valence-corrected chi connectivity index (χ4v) is 11.3. The lowest BCUT2D eigenvalue weighted by Gasteiger charge is -2.37. The highest BCUT2D eigenvalue weighted by molar-refractivity contribution is 6.08. The maximum absolute atomic E-state index is 2.70. The Hall–Kier alpha value is -6.38. The third-order valence-electron chi connectivity index (χ3n) is 14.2. The molecule has 0 aromatic heterocycles. The first-order chi connectivity index (χ1) is 29.0. The molecule has 0 radical (unpaired) electrons. The fourth-order valence-electron chi connectivity index (χ4n) is 11.3. The second kappa shape index (κ2) is 13.3. The summed E-state index contributed by atoms with van der Waals surface area (Å²) >= 11 is 0. The number of hydrogen-bond donors (Lipinski definition) is 0. The Morgan fingerprint density at radius 3 is 2.08 bits per heavy atom. The zero-order valence-electron chi connectivity index (χ0n) is 34.0. The minimum Gasteiger partial charge on any atom is -0.365 e. The highest BCUT2D eigenvalue weighted by Gasteiger charge is 2.36. The van der Waals surface area contributed by atoms with Crippen LogP contribution in [0.2, 0.25) is 0 Å². The van der Waals surface area contributed by atoms with Crippen molar-refractivity contribution in [3.05, 3.63) is 184 Å². The molecule has 8 aromatic carbocycles. The maximum Gasteiger partial charge on any atom is 0.0517 e. The lowest BCUT2D eigenvalue weighted by molar-refractivity contribution is 0.651. The van der Waals surface area contributed by atoms with Crippen molar-refractivity contribution in [3.8, 4) is 33.4 Å². The molecule has 2 aliphatic heterocycles. The Morgan fingerprint density at radius 2 is 1.20 bits per heavy atom. The van der Waals surface area contributed by atoms with Crippen LogP contribution in [-0.2, 0) is 18.3 Å². The van der Waals surface area contributed by atoms with Gasteiger partial charge in [0.2, 0.25) is 0 Å². The maximum atomic E-state index is 2.70. The van der Waals surface area contributed by atoms with E-state index in [0.29, 0.717) is 0 Å². The van der Waals surface area contributed by atoms with Crippen molar-refractivity contribution in [1.29, 1.82) is 0 Å². The normalized spacial score (nSPS) is 17.4. The topological polar surface area (TPSA) is 6.48 Å². The van der Waals surface area contributed by atoms with Gasteiger partial charge in [0.1, 0.15) is 0 Å². The molecule has 4 aliphatic rings. The van der Waals surface area contributed by atoms with Crippen LogP contribution in [-0.4, -0.2) is 19.1 Å². The lowest BCUT2D eigenvalue weighted by Crippen LogP contribution is -2.43. The van der Waals surface area contributed by atoms with Gasteiger partial charge in [-0.1, -0.05) is 141 Å². The van der Waals surface area contributed by atoms with Crippen LogP contribution in [0, 0.1) is 0 Å². The van der Waals surface area contributed by atoms with Crippen LogP contribution in [0.25, 0.3) is 67.1 Å². The summed E-state index contributed by atoms with van der Waals surface area (Å²) in [6.45, 7) is 6.91. The van der Waals surface area contributed by atoms with E-state index in [-0.39, 0.29) is 11.5 Å². The quantitative estimate of drug-likeness (QED) is 0.176. The summed E-state index contributed by atoms with van der Waals surface area (Å²) in [5.74, 6) is 0. The first-order valence-electron chi connectivity index (χ1n) is 21.8. The van der Waals surface area contributed by atoms with E-state index in [9.17, 15) is 0 Å². The van der Waals surface area contributed by atoms with Gasteiger partial charge in [0.25, 0.3) is 0 Å². The second-order valence-corrected chi connectivity index (χ2v) is 17.8. The molecule has 0 fully saturated rings. The van der Waals surface area contributed by atoms with E-state index in [4.69, 9.17) is 0 Å². The standard InChI is InChI=1S/C57H48N2/c1-57(2)51-20-8-7-19-45(51)46-28-25-42(34-52(46)57)56-48-30-27-43(58-31-11-17-38-14-5-9-21-53(38)58)35-49(48)55(41-24-23-37-13-3-4-16-40(37)33-41)47-29-26-44(36-50(47)56)59-32-12-18-39-15-6-10-22-54(39)59/h3-10,13-16,19-25,27-30,33-36,44H,11-12,17-18,26,31-32H2,1-2H3. The van der Waals surface area contributed by atoms with E-state index in [0.717, 1.165) is 38.8 Å². The molecule has 0 spiro atoms. The molecule has 0 bridgehead atoms. The highest BCUT2D eigenvalue weighted by atomic mass is 15.2. The van der Waals surface area contributed by atoms with E-state index in [2.05, 4.69) is 187 Å². The average Bonchev–Trinajstić information content (AvgIpc) is 3.52. The Kier molecular flexibility index (Phi) is 7.83. The van der Waals surface area contributed by atoms with E-state index >= 15 is 0 Å². The van der Waals surface area contributed by atoms with Crippen molar-refractivity contribution in [2.75, 3.05) is 22.9 Å². The molecule has 12 rings (SSSR count). The lowest BCUT2D eigenvalue weighted by atomic mass is 9.80. The van der Waals surface area contributed by atoms with Gasteiger partial charge in [0.05, 0.1) is 6.04 Å². The minimum atomic E-state index is -0.0897. The first-order valence-corrected chi connectivity index (χ1v) is 21.8. The van der Waals surface area contributed by atoms with Crippen LogP contribution < -0.4 is 20.2 Å². The second-order valence-electron chi connectivity index (χ2n) is 17.8. The Bertz CT molecular complexity index is 3150. The number of anilines is 3. The Morgan fingerprint density at radius 1 is 0.525 bits per heavy atom. The van der Waals surface area contributed by atoms with Crippen molar-refractivity contribution in [3.63, 3.8) is 0 Å². The number of rotatable bonds is 4. The average molecular weight is 761 g/mol.